The first-order chi connectivity index (χ1) is 18.4. The molecule has 0 amide bonds. The molecule has 1 heterocycles. The molecule has 0 aliphatic rings. The smallest absolute Gasteiger partial charge is 0.328 e. The minimum atomic E-state index is -1.26. The van der Waals surface area contributed by atoms with Gasteiger partial charge >= 0.3 is 11.9 Å². The van der Waals surface area contributed by atoms with Crippen LogP contribution in [0.4, 0.5) is 0 Å². The van der Waals surface area contributed by atoms with E-state index in [2.05, 4.69) is 33.4 Å². The number of rotatable bonds is 13. The predicted octanol–water partition coefficient (Wildman–Crippen LogP) is 4.58. The van der Waals surface area contributed by atoms with Crippen molar-refractivity contribution in [2.45, 2.75) is 39.2 Å². The Kier molecular flexibility index (Phi) is 12.0. The largest absolute Gasteiger partial charge is 0.478 e. The highest BCUT2D eigenvalue weighted by molar-refractivity contribution is 6.13. The van der Waals surface area contributed by atoms with Gasteiger partial charge in [-0.15, -0.1) is 0 Å². The van der Waals surface area contributed by atoms with Crippen molar-refractivity contribution in [2.75, 3.05) is 41.3 Å². The summed E-state index contributed by atoms with van der Waals surface area (Å²) in [6, 6.07) is 12.0. The van der Waals surface area contributed by atoms with Gasteiger partial charge in [0.05, 0.1) is 0 Å². The van der Waals surface area contributed by atoms with Crippen LogP contribution in [-0.2, 0) is 16.1 Å². The van der Waals surface area contributed by atoms with Crippen LogP contribution in [-0.4, -0.2) is 89.4 Å². The zero-order valence-corrected chi connectivity index (χ0v) is 23.4. The highest BCUT2D eigenvalue weighted by atomic mass is 16.4. The van der Waals surface area contributed by atoms with Crippen molar-refractivity contribution in [3.8, 4) is 0 Å². The fourth-order valence-corrected chi connectivity index (χ4v) is 4.33. The molecule has 0 radical (unpaired) electrons. The Hall–Kier alpha value is -3.82. The number of carbonyl (C=O) groups is 4. The normalized spacial score (nSPS) is 11.4. The molecule has 0 spiro atoms. The van der Waals surface area contributed by atoms with E-state index < -0.39 is 11.9 Å². The number of aromatic nitrogens is 1. The van der Waals surface area contributed by atoms with Crippen LogP contribution in [0.25, 0.3) is 21.8 Å². The Balaban J connectivity index is 0.000000580. The standard InChI is InChI=1S/C26H35N3O2.C4H4O4/c1-6-29-23-13-11-19(25(30)9-7-15-27(2)3)17-21(23)22-18-20(12-14-24(22)29)26(31)10-8-16-28(4)5;5-3(6)1-2-4(7)8/h11-14,17-18H,6-10,15-16H2,1-5H3;1-2H,(H,5,6)(H,7,8)/b;2-1+. The Morgan fingerprint density at radius 1 is 0.718 bits per heavy atom. The average molecular weight is 538 g/mol. The van der Waals surface area contributed by atoms with E-state index in [-0.39, 0.29) is 11.6 Å². The van der Waals surface area contributed by atoms with Crippen LogP contribution in [0.2, 0.25) is 0 Å². The van der Waals surface area contributed by atoms with E-state index >= 15 is 0 Å². The van der Waals surface area contributed by atoms with Crippen molar-refractivity contribution in [1.82, 2.24) is 14.4 Å². The van der Waals surface area contributed by atoms with E-state index in [0.29, 0.717) is 25.0 Å². The Bertz CT molecular complexity index is 1250. The van der Waals surface area contributed by atoms with E-state index in [4.69, 9.17) is 10.2 Å². The first-order valence-electron chi connectivity index (χ1n) is 13.0. The lowest BCUT2D eigenvalue weighted by molar-refractivity contribution is -0.134. The fourth-order valence-electron chi connectivity index (χ4n) is 4.33. The molecule has 0 fully saturated rings. The first-order valence-corrected chi connectivity index (χ1v) is 13.0. The maximum absolute atomic E-state index is 12.7. The molecule has 0 unspecified atom stereocenters. The molecular formula is C30H39N3O6. The summed E-state index contributed by atoms with van der Waals surface area (Å²) >= 11 is 0. The SMILES string of the molecule is CCn1c2ccc(C(=O)CCCN(C)C)cc2c2cc(C(=O)CCCN(C)C)ccc21.O=C(O)/C=C/C(=O)O. The summed E-state index contributed by atoms with van der Waals surface area (Å²) in [5, 5.41) is 17.7. The summed E-state index contributed by atoms with van der Waals surface area (Å²) in [6.07, 6.45) is 3.92. The molecule has 210 valence electrons. The second kappa shape index (κ2) is 14.9. The van der Waals surface area contributed by atoms with Crippen molar-refractivity contribution < 1.29 is 29.4 Å². The van der Waals surface area contributed by atoms with Gasteiger partial charge < -0.3 is 24.6 Å². The molecule has 0 saturated carbocycles. The number of nitrogens with zero attached hydrogens (tertiary/aromatic N) is 3. The Morgan fingerprint density at radius 2 is 1.10 bits per heavy atom. The van der Waals surface area contributed by atoms with Crippen molar-refractivity contribution in [1.29, 1.82) is 0 Å². The van der Waals surface area contributed by atoms with Crippen LogP contribution in [0, 0.1) is 0 Å². The number of carboxylic acid groups (broad SMARTS) is 2. The minimum absolute atomic E-state index is 0.178. The van der Waals surface area contributed by atoms with Crippen molar-refractivity contribution in [2.24, 2.45) is 0 Å². The molecule has 0 saturated heterocycles. The highest BCUT2D eigenvalue weighted by Crippen LogP contribution is 2.31. The quantitative estimate of drug-likeness (QED) is 0.240. The number of benzene rings is 2. The molecule has 3 aromatic rings. The molecular weight excluding hydrogens is 498 g/mol. The summed E-state index contributed by atoms with van der Waals surface area (Å²) in [7, 11) is 8.09. The lowest BCUT2D eigenvalue weighted by Crippen LogP contribution is -2.14. The van der Waals surface area contributed by atoms with Crippen LogP contribution in [0.3, 0.4) is 0 Å². The van der Waals surface area contributed by atoms with Gasteiger partial charge in [0.15, 0.2) is 11.6 Å². The molecule has 2 aromatic carbocycles. The van der Waals surface area contributed by atoms with Gasteiger partial charge in [-0.1, -0.05) is 0 Å². The second-order valence-corrected chi connectivity index (χ2v) is 9.88. The molecule has 0 atom stereocenters. The summed E-state index contributed by atoms with van der Waals surface area (Å²) in [5.74, 6) is -2.16. The summed E-state index contributed by atoms with van der Waals surface area (Å²) < 4.78 is 2.26. The number of aliphatic carboxylic acids is 2. The molecule has 0 aliphatic heterocycles. The molecule has 9 heteroatoms. The molecule has 39 heavy (non-hydrogen) atoms. The number of fused-ring (bicyclic) bond motifs is 3. The van der Waals surface area contributed by atoms with Gasteiger partial charge in [-0.2, -0.15) is 0 Å². The van der Waals surface area contributed by atoms with Crippen LogP contribution < -0.4 is 0 Å². The first kappa shape index (κ1) is 31.4. The number of hydrogen-bond acceptors (Lipinski definition) is 6. The van der Waals surface area contributed by atoms with Crippen LogP contribution >= 0.6 is 0 Å². The van der Waals surface area contributed by atoms with Crippen molar-refractivity contribution in [3.05, 3.63) is 59.7 Å². The van der Waals surface area contributed by atoms with E-state index in [1.54, 1.807) is 0 Å². The lowest BCUT2D eigenvalue weighted by atomic mass is 10.0. The predicted molar refractivity (Wildman–Crippen MR) is 154 cm³/mol. The molecule has 2 N–H and O–H groups in total. The molecule has 0 aliphatic carbocycles. The molecule has 9 nitrogen and oxygen atoms in total. The van der Waals surface area contributed by atoms with Crippen LogP contribution in [0.1, 0.15) is 53.3 Å². The fraction of sp³-hybridized carbons (Fsp3) is 0.400. The summed E-state index contributed by atoms with van der Waals surface area (Å²) in [5.41, 5.74) is 3.73. The third-order valence-electron chi connectivity index (χ3n) is 6.21. The van der Waals surface area contributed by atoms with Gasteiger partial charge in [0.1, 0.15) is 0 Å². The maximum atomic E-state index is 12.7. The van der Waals surface area contributed by atoms with E-state index in [1.807, 2.05) is 52.5 Å². The number of aryl methyl sites for hydroxylation is 1. The molecule has 1 aromatic heterocycles. The Labute approximate surface area is 229 Å². The second-order valence-electron chi connectivity index (χ2n) is 9.88. The third-order valence-corrected chi connectivity index (χ3v) is 6.21. The number of carboxylic acids is 2. The van der Waals surface area contributed by atoms with Crippen molar-refractivity contribution in [3.63, 3.8) is 0 Å². The minimum Gasteiger partial charge on any atom is -0.478 e. The lowest BCUT2D eigenvalue weighted by Gasteiger charge is -2.08. The third kappa shape index (κ3) is 9.46. The van der Waals surface area contributed by atoms with Gasteiger partial charge in [-0.05, 0) is 97.4 Å². The zero-order chi connectivity index (χ0) is 29.1. The number of Topliss-reactive ketones (excluding diaryl/α,β-unsaturated/α-hetero) is 2. The number of carbonyl (C=O) groups excluding carboxylic acids is 2. The molecule has 0 bridgehead atoms. The van der Waals surface area contributed by atoms with Gasteiger partial charge in [0.2, 0.25) is 0 Å². The van der Waals surface area contributed by atoms with E-state index in [0.717, 1.165) is 65.4 Å². The highest BCUT2D eigenvalue weighted by Gasteiger charge is 2.15. The average Bonchev–Trinajstić information content (AvgIpc) is 3.19. The van der Waals surface area contributed by atoms with Gasteiger partial charge in [-0.3, -0.25) is 9.59 Å². The monoisotopic (exact) mass is 537 g/mol. The number of hydrogen-bond donors (Lipinski definition) is 2. The van der Waals surface area contributed by atoms with Gasteiger partial charge in [0, 0.05) is 64.5 Å². The van der Waals surface area contributed by atoms with Gasteiger partial charge in [0.25, 0.3) is 0 Å². The van der Waals surface area contributed by atoms with Crippen LogP contribution in [0.5, 0.6) is 0 Å². The van der Waals surface area contributed by atoms with E-state index in [9.17, 15) is 19.2 Å². The summed E-state index contributed by atoms with van der Waals surface area (Å²) in [6.45, 7) is 4.77. The van der Waals surface area contributed by atoms with Crippen molar-refractivity contribution >= 4 is 45.3 Å². The zero-order valence-electron chi connectivity index (χ0n) is 23.4. The topological polar surface area (TPSA) is 120 Å². The summed E-state index contributed by atoms with van der Waals surface area (Å²) in [4.78, 5) is 48.8. The Morgan fingerprint density at radius 3 is 1.41 bits per heavy atom. The molecule has 3 rings (SSSR count). The maximum Gasteiger partial charge on any atom is 0.328 e. The van der Waals surface area contributed by atoms with Gasteiger partial charge in [-0.25, -0.2) is 9.59 Å². The van der Waals surface area contributed by atoms with E-state index in [1.165, 1.54) is 0 Å². The van der Waals surface area contributed by atoms with Crippen LogP contribution in [0.15, 0.2) is 48.6 Å². The number of ketones is 2.